The van der Waals surface area contributed by atoms with Crippen LogP contribution < -0.4 is 4.74 Å². The zero-order chi connectivity index (χ0) is 11.8. The average Bonchev–Trinajstić information content (AvgIpc) is 2.25. The van der Waals surface area contributed by atoms with E-state index < -0.39 is 0 Å². The second kappa shape index (κ2) is 6.88. The summed E-state index contributed by atoms with van der Waals surface area (Å²) in [6, 6.07) is 9.57. The third kappa shape index (κ3) is 5.39. The summed E-state index contributed by atoms with van der Waals surface area (Å²) in [5, 5.41) is 0. The molecule has 0 fully saturated rings. The van der Waals surface area contributed by atoms with E-state index in [2.05, 4.69) is 0 Å². The molecule has 0 spiro atoms. The minimum absolute atomic E-state index is 0.0393. The molecule has 1 aromatic carbocycles. The lowest BCUT2D eigenvalue weighted by Gasteiger charge is -2.08. The Balaban J connectivity index is 2.10. The molecule has 0 aliphatic carbocycles. The largest absolute Gasteiger partial charge is 0.494 e. The zero-order valence-electron chi connectivity index (χ0n) is 9.81. The van der Waals surface area contributed by atoms with Crippen molar-refractivity contribution in [1.82, 2.24) is 0 Å². The Kier molecular flexibility index (Phi) is 5.40. The Labute approximate surface area is 96.4 Å². The molecule has 3 heteroatoms. The van der Waals surface area contributed by atoms with E-state index in [4.69, 9.17) is 9.47 Å². The first-order valence-electron chi connectivity index (χ1n) is 5.56. The highest BCUT2D eigenvalue weighted by Crippen LogP contribution is 2.09. The Morgan fingerprint density at radius 3 is 2.56 bits per heavy atom. The molecule has 0 radical (unpaired) electrons. The van der Waals surface area contributed by atoms with E-state index in [1.165, 1.54) is 0 Å². The number of carbonyl (C=O) groups is 1. The van der Waals surface area contributed by atoms with E-state index in [1.807, 2.05) is 44.2 Å². The maximum absolute atomic E-state index is 11.2. The molecular formula is C13H18O3. The highest BCUT2D eigenvalue weighted by atomic mass is 16.5. The summed E-state index contributed by atoms with van der Waals surface area (Å²) >= 11 is 0. The first-order chi connectivity index (χ1) is 7.68. The molecule has 0 N–H and O–H groups in total. The van der Waals surface area contributed by atoms with Gasteiger partial charge in [0.15, 0.2) is 0 Å². The van der Waals surface area contributed by atoms with Gasteiger partial charge in [0.25, 0.3) is 0 Å². The third-order valence-corrected chi connectivity index (χ3v) is 1.90. The van der Waals surface area contributed by atoms with Crippen molar-refractivity contribution in [3.63, 3.8) is 0 Å². The van der Waals surface area contributed by atoms with Gasteiger partial charge in [-0.3, -0.25) is 4.79 Å². The molecule has 88 valence electrons. The van der Waals surface area contributed by atoms with Gasteiger partial charge in [-0.05, 0) is 32.4 Å². The second-order valence-corrected chi connectivity index (χ2v) is 3.80. The average molecular weight is 222 g/mol. The molecular weight excluding hydrogens is 204 g/mol. The lowest BCUT2D eigenvalue weighted by atomic mass is 10.3. The minimum atomic E-state index is -0.160. The summed E-state index contributed by atoms with van der Waals surface area (Å²) < 4.78 is 10.5. The summed E-state index contributed by atoms with van der Waals surface area (Å²) in [5.74, 6) is 0.673. The highest BCUT2D eigenvalue weighted by Gasteiger charge is 2.04. The van der Waals surface area contributed by atoms with Crippen LogP contribution in [-0.4, -0.2) is 18.7 Å². The molecule has 1 rings (SSSR count). The quantitative estimate of drug-likeness (QED) is 0.548. The monoisotopic (exact) mass is 222 g/mol. The van der Waals surface area contributed by atoms with Gasteiger partial charge in [0, 0.05) is 6.42 Å². The Morgan fingerprint density at radius 1 is 1.25 bits per heavy atom. The van der Waals surface area contributed by atoms with Gasteiger partial charge in [-0.15, -0.1) is 0 Å². The highest BCUT2D eigenvalue weighted by molar-refractivity contribution is 5.69. The van der Waals surface area contributed by atoms with Gasteiger partial charge in [0.05, 0.1) is 12.7 Å². The number of benzene rings is 1. The van der Waals surface area contributed by atoms with Crippen LogP contribution >= 0.6 is 0 Å². The Morgan fingerprint density at radius 2 is 1.94 bits per heavy atom. The molecule has 0 aliphatic heterocycles. The van der Waals surface area contributed by atoms with Crippen molar-refractivity contribution in [2.24, 2.45) is 0 Å². The van der Waals surface area contributed by atoms with Crippen LogP contribution in [-0.2, 0) is 9.53 Å². The van der Waals surface area contributed by atoms with Crippen LogP contribution in [0.1, 0.15) is 26.7 Å². The van der Waals surface area contributed by atoms with E-state index in [0.29, 0.717) is 19.4 Å². The van der Waals surface area contributed by atoms with E-state index in [1.54, 1.807) is 0 Å². The fourth-order valence-electron chi connectivity index (χ4n) is 1.25. The van der Waals surface area contributed by atoms with Crippen molar-refractivity contribution in [3.8, 4) is 5.75 Å². The van der Waals surface area contributed by atoms with Crippen molar-refractivity contribution >= 4 is 5.97 Å². The number of hydrogen-bond donors (Lipinski definition) is 0. The predicted molar refractivity (Wildman–Crippen MR) is 62.4 cm³/mol. The summed E-state index contributed by atoms with van der Waals surface area (Å²) in [5.41, 5.74) is 0. The Bertz CT molecular complexity index is 306. The van der Waals surface area contributed by atoms with Crippen molar-refractivity contribution in [2.75, 3.05) is 6.61 Å². The lowest BCUT2D eigenvalue weighted by molar-refractivity contribution is -0.147. The van der Waals surface area contributed by atoms with Crippen molar-refractivity contribution in [1.29, 1.82) is 0 Å². The SMILES string of the molecule is CC(C)OC(=O)CCCOc1ccccc1. The fourth-order valence-corrected chi connectivity index (χ4v) is 1.25. The van der Waals surface area contributed by atoms with Crippen molar-refractivity contribution in [2.45, 2.75) is 32.8 Å². The summed E-state index contributed by atoms with van der Waals surface area (Å²) in [7, 11) is 0. The van der Waals surface area contributed by atoms with E-state index >= 15 is 0 Å². The smallest absolute Gasteiger partial charge is 0.306 e. The molecule has 1 aromatic rings. The number of esters is 1. The van der Waals surface area contributed by atoms with Crippen molar-refractivity contribution < 1.29 is 14.3 Å². The Hall–Kier alpha value is -1.51. The van der Waals surface area contributed by atoms with Crippen LogP contribution in [0.5, 0.6) is 5.75 Å². The third-order valence-electron chi connectivity index (χ3n) is 1.90. The molecule has 0 unspecified atom stereocenters. The minimum Gasteiger partial charge on any atom is -0.494 e. The standard InChI is InChI=1S/C13H18O3/c1-11(2)16-13(14)9-6-10-15-12-7-4-3-5-8-12/h3-5,7-8,11H,6,9-10H2,1-2H3. The van der Waals surface area contributed by atoms with Gasteiger partial charge in [-0.2, -0.15) is 0 Å². The molecule has 0 saturated heterocycles. The van der Waals surface area contributed by atoms with Crippen molar-refractivity contribution in [3.05, 3.63) is 30.3 Å². The molecule has 0 saturated carbocycles. The summed E-state index contributed by atoms with van der Waals surface area (Å²) in [4.78, 5) is 11.2. The van der Waals surface area contributed by atoms with Gasteiger partial charge in [-0.1, -0.05) is 18.2 Å². The topological polar surface area (TPSA) is 35.5 Å². The molecule has 3 nitrogen and oxygen atoms in total. The van der Waals surface area contributed by atoms with Crippen LogP contribution in [0.2, 0.25) is 0 Å². The van der Waals surface area contributed by atoms with Crippen LogP contribution in [0.3, 0.4) is 0 Å². The molecule has 0 aromatic heterocycles. The molecule has 0 atom stereocenters. The van der Waals surface area contributed by atoms with Gasteiger partial charge >= 0.3 is 5.97 Å². The molecule has 0 heterocycles. The number of ether oxygens (including phenoxy) is 2. The number of rotatable bonds is 6. The number of carbonyl (C=O) groups excluding carboxylic acids is 1. The molecule has 16 heavy (non-hydrogen) atoms. The van der Waals surface area contributed by atoms with Gasteiger partial charge in [0.2, 0.25) is 0 Å². The predicted octanol–water partition coefficient (Wildman–Crippen LogP) is 2.80. The van der Waals surface area contributed by atoms with E-state index in [-0.39, 0.29) is 12.1 Å². The second-order valence-electron chi connectivity index (χ2n) is 3.80. The van der Waals surface area contributed by atoms with Crippen LogP contribution in [0.4, 0.5) is 0 Å². The molecule has 0 bridgehead atoms. The zero-order valence-corrected chi connectivity index (χ0v) is 9.81. The molecule has 0 amide bonds. The normalized spacial score (nSPS) is 10.2. The first-order valence-corrected chi connectivity index (χ1v) is 5.56. The van der Waals surface area contributed by atoms with Gasteiger partial charge < -0.3 is 9.47 Å². The summed E-state index contributed by atoms with van der Waals surface area (Å²) in [6.45, 7) is 4.23. The van der Waals surface area contributed by atoms with E-state index in [0.717, 1.165) is 5.75 Å². The number of hydrogen-bond acceptors (Lipinski definition) is 3. The fraction of sp³-hybridized carbons (Fsp3) is 0.462. The molecule has 0 aliphatic rings. The number of para-hydroxylation sites is 1. The first kappa shape index (κ1) is 12.6. The maximum Gasteiger partial charge on any atom is 0.306 e. The van der Waals surface area contributed by atoms with E-state index in [9.17, 15) is 4.79 Å². The summed E-state index contributed by atoms with van der Waals surface area (Å²) in [6.07, 6.45) is 1.05. The lowest BCUT2D eigenvalue weighted by Crippen LogP contribution is -2.12. The maximum atomic E-state index is 11.2. The van der Waals surface area contributed by atoms with Crippen LogP contribution in [0, 0.1) is 0 Å². The van der Waals surface area contributed by atoms with Crippen LogP contribution in [0.25, 0.3) is 0 Å². The van der Waals surface area contributed by atoms with Crippen LogP contribution in [0.15, 0.2) is 30.3 Å². The van der Waals surface area contributed by atoms with Gasteiger partial charge in [-0.25, -0.2) is 0 Å². The van der Waals surface area contributed by atoms with Gasteiger partial charge in [0.1, 0.15) is 5.75 Å².